The van der Waals surface area contributed by atoms with Gasteiger partial charge in [-0.2, -0.15) is 40.2 Å². The van der Waals surface area contributed by atoms with Crippen LogP contribution in [0.15, 0.2) is 63.2 Å². The zero-order valence-electron chi connectivity index (χ0n) is 18.7. The van der Waals surface area contributed by atoms with Crippen molar-refractivity contribution in [2.45, 2.75) is 21.6 Å². The lowest BCUT2D eigenvalue weighted by Gasteiger charge is -2.16. The summed E-state index contributed by atoms with van der Waals surface area (Å²) in [6, 6.07) is 8.78. The molecule has 0 fully saturated rings. The predicted molar refractivity (Wildman–Crippen MR) is 136 cm³/mol. The molecule has 0 aliphatic heterocycles. The molecule has 1 heterocycles. The minimum Gasteiger partial charge on any atom is -0.378 e. The van der Waals surface area contributed by atoms with Crippen molar-refractivity contribution in [1.82, 2.24) is 15.0 Å². The van der Waals surface area contributed by atoms with Gasteiger partial charge in [-0.25, -0.2) is 0 Å². The molecule has 0 saturated heterocycles. The van der Waals surface area contributed by atoms with Crippen molar-refractivity contribution in [3.05, 3.63) is 64.7 Å². The summed E-state index contributed by atoms with van der Waals surface area (Å²) < 4.78 is 98.4. The van der Waals surface area contributed by atoms with E-state index in [0.717, 1.165) is 29.8 Å². The van der Waals surface area contributed by atoms with Gasteiger partial charge in [-0.15, -0.1) is 0 Å². The van der Waals surface area contributed by atoms with Gasteiger partial charge in [0, 0.05) is 11.5 Å². The third-order valence-electron chi connectivity index (χ3n) is 4.89. The molecule has 200 valence electrons. The first-order valence-electron chi connectivity index (χ1n) is 9.95. The molecule has 3 aromatic carbocycles. The minimum absolute atomic E-state index is 0.201. The first kappa shape index (κ1) is 27.9. The smallest absolute Gasteiger partial charge is 0.339 e. The molecule has 3 N–H and O–H groups in total. The highest BCUT2D eigenvalue weighted by atomic mass is 35.5. The Hall–Kier alpha value is -3.12. The zero-order valence-corrected chi connectivity index (χ0v) is 22.7. The average molecular weight is 621 g/mol. The van der Waals surface area contributed by atoms with E-state index in [1.54, 1.807) is 6.92 Å². The van der Waals surface area contributed by atoms with E-state index < -0.39 is 45.9 Å². The van der Waals surface area contributed by atoms with Crippen LogP contribution in [-0.4, -0.2) is 49.3 Å². The van der Waals surface area contributed by atoms with Gasteiger partial charge in [-0.3, -0.25) is 9.11 Å². The Morgan fingerprint density at radius 3 is 1.82 bits per heavy atom. The second kappa shape index (κ2) is 9.88. The quantitative estimate of drug-likeness (QED) is 0.199. The largest absolute Gasteiger partial charge is 0.378 e. The second-order valence-corrected chi connectivity index (χ2v) is 12.7. The van der Waals surface area contributed by atoms with Gasteiger partial charge in [0.1, 0.15) is 4.90 Å². The Bertz CT molecular complexity index is 1890. The summed E-state index contributed by atoms with van der Waals surface area (Å²) in [5.41, 5.74) is 0.478. The number of aryl methyl sites for hydroxylation is 1. The molecule has 4 aromatic rings. The topological polar surface area (TPSA) is 203 Å². The minimum atomic E-state index is -4.95. The van der Waals surface area contributed by atoms with Crippen molar-refractivity contribution < 1.29 is 38.5 Å². The lowest BCUT2D eigenvalue weighted by Crippen LogP contribution is -2.12. The van der Waals surface area contributed by atoms with E-state index in [9.17, 15) is 34.4 Å². The molecule has 0 spiro atoms. The number of hydrogen-bond acceptors (Lipinski definition) is 11. The fourth-order valence-electron chi connectivity index (χ4n) is 3.26. The molecule has 18 heteroatoms. The summed E-state index contributed by atoms with van der Waals surface area (Å²) in [6.45, 7) is 1.73. The fraction of sp³-hybridized carbons (Fsp3) is 0.0500. The van der Waals surface area contributed by atoms with Crippen LogP contribution < -0.4 is 9.50 Å². The van der Waals surface area contributed by atoms with Gasteiger partial charge >= 0.3 is 10.1 Å². The molecule has 4 rings (SSSR count). The van der Waals surface area contributed by atoms with E-state index in [1.807, 2.05) is 0 Å². The van der Waals surface area contributed by atoms with E-state index in [1.165, 1.54) is 24.3 Å². The summed E-state index contributed by atoms with van der Waals surface area (Å²) in [7, 11) is -14.4. The molecule has 1 aromatic heterocycles. The Morgan fingerprint density at radius 2 is 1.29 bits per heavy atom. The number of hydrogen-bond donors (Lipinski definition) is 3. The van der Waals surface area contributed by atoms with Crippen LogP contribution in [0.4, 0.5) is 11.6 Å². The lowest BCUT2D eigenvalue weighted by molar-refractivity contribution is 0.477. The van der Waals surface area contributed by atoms with Crippen LogP contribution in [0.25, 0.3) is 10.8 Å². The van der Waals surface area contributed by atoms with Gasteiger partial charge < -0.3 is 9.50 Å². The van der Waals surface area contributed by atoms with Gasteiger partial charge in [-0.05, 0) is 65.8 Å². The molecule has 0 aliphatic rings. The van der Waals surface area contributed by atoms with E-state index >= 15 is 0 Å². The van der Waals surface area contributed by atoms with Crippen LogP contribution in [0.1, 0.15) is 5.56 Å². The predicted octanol–water partition coefficient (Wildman–Crippen LogP) is 3.64. The monoisotopic (exact) mass is 620 g/mol. The molecule has 0 amide bonds. The number of halogens is 2. The summed E-state index contributed by atoms with van der Waals surface area (Å²) in [5, 5.41) is 1.39. The number of nitrogens with zero attached hydrogens (tertiary/aromatic N) is 3. The first-order valence-corrected chi connectivity index (χ1v) is 15.0. The molecule has 0 bridgehead atoms. The first-order chi connectivity index (χ1) is 17.5. The van der Waals surface area contributed by atoms with Gasteiger partial charge in [0.05, 0.1) is 15.5 Å². The zero-order chi connectivity index (χ0) is 28.0. The molecule has 0 unspecified atom stereocenters. The Labute approximate surface area is 226 Å². The Morgan fingerprint density at radius 1 is 0.763 bits per heavy atom. The SMILES string of the molecule is Cc1ccc(S(=O)(=O)Oc2cc(S(=O)(=O)O)cc3cc(S(=O)(=O)O)cc(Nc4nc(Cl)nc(Cl)n4)c23)cc1. The maximum absolute atomic E-state index is 13.0. The Kier molecular flexibility index (Phi) is 7.26. The van der Waals surface area contributed by atoms with Crippen molar-refractivity contribution in [3.63, 3.8) is 0 Å². The third-order valence-corrected chi connectivity index (χ3v) is 8.14. The van der Waals surface area contributed by atoms with E-state index in [2.05, 4.69) is 20.3 Å². The van der Waals surface area contributed by atoms with Crippen LogP contribution in [0.2, 0.25) is 10.6 Å². The van der Waals surface area contributed by atoms with E-state index in [4.69, 9.17) is 27.4 Å². The molecule has 13 nitrogen and oxygen atoms in total. The number of fused-ring (bicyclic) bond motifs is 1. The number of benzene rings is 3. The van der Waals surface area contributed by atoms with Crippen molar-refractivity contribution in [1.29, 1.82) is 0 Å². The van der Waals surface area contributed by atoms with Gasteiger partial charge in [0.2, 0.25) is 16.5 Å². The second-order valence-electron chi connectivity index (χ2n) is 7.61. The summed E-state index contributed by atoms with van der Waals surface area (Å²) in [6.07, 6.45) is 0. The molecule has 0 radical (unpaired) electrons. The van der Waals surface area contributed by atoms with Gasteiger partial charge in [0.15, 0.2) is 5.75 Å². The summed E-state index contributed by atoms with van der Waals surface area (Å²) in [5.74, 6) is -0.957. The highest BCUT2D eigenvalue weighted by Gasteiger charge is 2.25. The van der Waals surface area contributed by atoms with Crippen LogP contribution in [0.3, 0.4) is 0 Å². The fourth-order valence-corrected chi connectivity index (χ4v) is 5.63. The highest BCUT2D eigenvalue weighted by Crippen LogP contribution is 2.39. The molecule has 0 saturated carbocycles. The number of nitrogens with one attached hydrogen (secondary N) is 1. The molecular weight excluding hydrogens is 607 g/mol. The summed E-state index contributed by atoms with van der Waals surface area (Å²) >= 11 is 11.6. The van der Waals surface area contributed by atoms with Crippen LogP contribution >= 0.6 is 23.2 Å². The van der Waals surface area contributed by atoms with Crippen molar-refractivity contribution >= 4 is 76.0 Å². The standard InChI is InChI=1S/C20H14Cl2N4O9S3/c1-10-2-4-12(5-3-10)38(33,34)35-16-9-14(37(30,31)32)7-11-6-13(36(27,28)29)8-15(17(11)16)23-20-25-18(21)24-19(22)26-20/h2-9H,1H3,(H,27,28,29)(H,30,31,32)(H,23,24,25,26). The molecular formula is C20H14Cl2N4O9S3. The highest BCUT2D eigenvalue weighted by molar-refractivity contribution is 7.87. The maximum Gasteiger partial charge on any atom is 0.339 e. The van der Waals surface area contributed by atoms with Crippen molar-refractivity contribution in [3.8, 4) is 5.75 Å². The van der Waals surface area contributed by atoms with Crippen molar-refractivity contribution in [2.75, 3.05) is 5.32 Å². The third kappa shape index (κ3) is 6.12. The van der Waals surface area contributed by atoms with Crippen LogP contribution in [-0.2, 0) is 30.4 Å². The lowest BCUT2D eigenvalue weighted by atomic mass is 10.1. The number of anilines is 2. The van der Waals surface area contributed by atoms with E-state index in [0.29, 0.717) is 0 Å². The number of aromatic nitrogens is 3. The van der Waals surface area contributed by atoms with Gasteiger partial charge in [-0.1, -0.05) is 17.7 Å². The normalized spacial score (nSPS) is 12.4. The maximum atomic E-state index is 13.0. The van der Waals surface area contributed by atoms with Crippen molar-refractivity contribution in [2.24, 2.45) is 0 Å². The average Bonchev–Trinajstić information content (AvgIpc) is 2.76. The molecule has 0 atom stereocenters. The molecule has 0 aliphatic carbocycles. The van der Waals surface area contributed by atoms with Crippen LogP contribution in [0, 0.1) is 6.92 Å². The summed E-state index contributed by atoms with van der Waals surface area (Å²) in [4.78, 5) is 9.29. The van der Waals surface area contributed by atoms with Gasteiger partial charge in [0.25, 0.3) is 20.2 Å². The van der Waals surface area contributed by atoms with Crippen LogP contribution in [0.5, 0.6) is 5.75 Å². The number of rotatable bonds is 7. The molecule has 38 heavy (non-hydrogen) atoms. The Balaban J connectivity index is 2.04. The van der Waals surface area contributed by atoms with E-state index in [-0.39, 0.29) is 37.9 Å².